The Bertz CT molecular complexity index is 313. The number of nitrogens with zero attached hydrogens (tertiary/aromatic N) is 2. The Morgan fingerprint density at radius 1 is 1.47 bits per heavy atom. The van der Waals surface area contributed by atoms with Crippen molar-refractivity contribution in [1.82, 2.24) is 10.1 Å². The topological polar surface area (TPSA) is 38.9 Å². The fraction of sp³-hybridized carbons (Fsp3) is 0.818. The normalized spacial score (nSPS) is 26.0. The van der Waals surface area contributed by atoms with Crippen LogP contribution in [-0.2, 0) is 6.42 Å². The van der Waals surface area contributed by atoms with E-state index in [2.05, 4.69) is 17.1 Å². The lowest BCUT2D eigenvalue weighted by Crippen LogP contribution is -1.96. The summed E-state index contributed by atoms with van der Waals surface area (Å²) in [5.41, 5.74) is 0. The average Bonchev–Trinajstić information content (AvgIpc) is 2.83. The van der Waals surface area contributed by atoms with E-state index in [1.54, 1.807) is 0 Å². The molecule has 0 aliphatic heterocycles. The summed E-state index contributed by atoms with van der Waals surface area (Å²) in [5.74, 6) is 3.63. The Hall–Kier alpha value is -0.570. The largest absolute Gasteiger partial charge is 0.339 e. The molecule has 84 valence electrons. The van der Waals surface area contributed by atoms with Crippen LogP contribution >= 0.6 is 11.6 Å². The lowest BCUT2D eigenvalue weighted by atomic mass is 10.1. The van der Waals surface area contributed by atoms with Gasteiger partial charge in [-0.3, -0.25) is 0 Å². The minimum Gasteiger partial charge on any atom is -0.339 e. The molecular formula is C11H17ClN2O. The number of halogens is 1. The molecule has 1 aliphatic rings. The molecule has 0 aromatic carbocycles. The third-order valence-corrected chi connectivity index (χ3v) is 3.34. The van der Waals surface area contributed by atoms with Gasteiger partial charge in [-0.15, -0.1) is 11.6 Å². The van der Waals surface area contributed by atoms with E-state index < -0.39 is 0 Å². The summed E-state index contributed by atoms with van der Waals surface area (Å²) in [6.45, 7) is 2.29. The summed E-state index contributed by atoms with van der Waals surface area (Å²) in [5, 5.41) is 4.06. The Morgan fingerprint density at radius 2 is 2.33 bits per heavy atom. The van der Waals surface area contributed by atoms with Crippen molar-refractivity contribution in [3.05, 3.63) is 11.7 Å². The van der Waals surface area contributed by atoms with Crippen LogP contribution in [0.25, 0.3) is 0 Å². The van der Waals surface area contributed by atoms with Gasteiger partial charge in [0.2, 0.25) is 5.89 Å². The second-order valence-electron chi connectivity index (χ2n) is 4.45. The summed E-state index contributed by atoms with van der Waals surface area (Å²) >= 11 is 5.61. The molecule has 2 unspecified atom stereocenters. The molecule has 15 heavy (non-hydrogen) atoms. The summed E-state index contributed by atoms with van der Waals surface area (Å²) in [7, 11) is 0. The van der Waals surface area contributed by atoms with Gasteiger partial charge < -0.3 is 4.52 Å². The third-order valence-electron chi connectivity index (χ3n) is 3.07. The molecule has 0 radical (unpaired) electrons. The Labute approximate surface area is 95.2 Å². The van der Waals surface area contributed by atoms with Gasteiger partial charge in [0.25, 0.3) is 0 Å². The van der Waals surface area contributed by atoms with E-state index in [9.17, 15) is 0 Å². The minimum absolute atomic E-state index is 0.522. The number of aromatic nitrogens is 2. The molecular weight excluding hydrogens is 212 g/mol. The monoisotopic (exact) mass is 228 g/mol. The number of hydrogen-bond acceptors (Lipinski definition) is 3. The third kappa shape index (κ3) is 2.71. The molecule has 0 spiro atoms. The van der Waals surface area contributed by atoms with E-state index in [1.165, 1.54) is 19.3 Å². The van der Waals surface area contributed by atoms with Crippen molar-refractivity contribution in [3.63, 3.8) is 0 Å². The fourth-order valence-electron chi connectivity index (χ4n) is 2.20. The van der Waals surface area contributed by atoms with Crippen molar-refractivity contribution in [1.29, 1.82) is 0 Å². The zero-order valence-corrected chi connectivity index (χ0v) is 9.83. The summed E-state index contributed by atoms with van der Waals surface area (Å²) in [6.07, 6.45) is 5.41. The van der Waals surface area contributed by atoms with Crippen LogP contribution in [0.3, 0.4) is 0 Å². The van der Waals surface area contributed by atoms with Crippen LogP contribution in [0.5, 0.6) is 0 Å². The smallest absolute Gasteiger partial charge is 0.226 e. The fourth-order valence-corrected chi connectivity index (χ4v) is 2.33. The molecule has 2 rings (SSSR count). The van der Waals surface area contributed by atoms with E-state index in [4.69, 9.17) is 16.1 Å². The molecule has 2 atom stereocenters. The molecule has 1 aromatic heterocycles. The second-order valence-corrected chi connectivity index (χ2v) is 4.83. The number of alkyl halides is 1. The lowest BCUT2D eigenvalue weighted by Gasteiger charge is -2.01. The van der Waals surface area contributed by atoms with Crippen LogP contribution < -0.4 is 0 Å². The average molecular weight is 229 g/mol. The van der Waals surface area contributed by atoms with Crippen molar-refractivity contribution in [2.45, 2.75) is 44.9 Å². The first-order valence-electron chi connectivity index (χ1n) is 5.68. The number of aryl methyl sites for hydroxylation is 1. The lowest BCUT2D eigenvalue weighted by molar-refractivity contribution is 0.368. The van der Waals surface area contributed by atoms with Gasteiger partial charge >= 0.3 is 0 Å². The highest BCUT2D eigenvalue weighted by Gasteiger charge is 2.26. The van der Waals surface area contributed by atoms with Gasteiger partial charge in [-0.05, 0) is 31.6 Å². The zero-order chi connectivity index (χ0) is 10.7. The molecule has 0 saturated heterocycles. The van der Waals surface area contributed by atoms with Crippen LogP contribution in [-0.4, -0.2) is 16.0 Å². The van der Waals surface area contributed by atoms with Gasteiger partial charge in [-0.1, -0.05) is 12.1 Å². The van der Waals surface area contributed by atoms with Crippen LogP contribution in [0.2, 0.25) is 0 Å². The van der Waals surface area contributed by atoms with Crippen LogP contribution in [0, 0.1) is 5.92 Å². The van der Waals surface area contributed by atoms with Gasteiger partial charge in [0, 0.05) is 18.2 Å². The maximum atomic E-state index is 5.61. The molecule has 4 heteroatoms. The van der Waals surface area contributed by atoms with Crippen molar-refractivity contribution in [3.8, 4) is 0 Å². The number of hydrogen-bond donors (Lipinski definition) is 0. The molecule has 1 saturated carbocycles. The summed E-state index contributed by atoms with van der Waals surface area (Å²) < 4.78 is 5.19. The van der Waals surface area contributed by atoms with Gasteiger partial charge in [0.05, 0.1) is 0 Å². The zero-order valence-electron chi connectivity index (χ0n) is 9.08. The molecule has 0 bridgehead atoms. The van der Waals surface area contributed by atoms with Gasteiger partial charge in [0.1, 0.15) is 0 Å². The highest BCUT2D eigenvalue weighted by Crippen LogP contribution is 2.36. The van der Waals surface area contributed by atoms with E-state index in [1.807, 2.05) is 0 Å². The number of rotatable bonds is 4. The second kappa shape index (κ2) is 4.97. The van der Waals surface area contributed by atoms with Gasteiger partial charge in [-0.2, -0.15) is 4.98 Å². The first-order chi connectivity index (χ1) is 7.29. The van der Waals surface area contributed by atoms with E-state index >= 15 is 0 Å². The Kier molecular flexibility index (Phi) is 3.62. The van der Waals surface area contributed by atoms with Crippen LogP contribution in [0.1, 0.15) is 50.2 Å². The van der Waals surface area contributed by atoms with Gasteiger partial charge in [-0.25, -0.2) is 0 Å². The first-order valence-corrected chi connectivity index (χ1v) is 6.21. The van der Waals surface area contributed by atoms with E-state index in [0.29, 0.717) is 11.8 Å². The van der Waals surface area contributed by atoms with Crippen molar-refractivity contribution >= 4 is 11.6 Å². The Morgan fingerprint density at radius 3 is 3.00 bits per heavy atom. The molecule has 0 amide bonds. The van der Waals surface area contributed by atoms with Crippen molar-refractivity contribution < 1.29 is 4.52 Å². The molecule has 0 N–H and O–H groups in total. The van der Waals surface area contributed by atoms with Crippen LogP contribution in [0.15, 0.2) is 4.52 Å². The highest BCUT2D eigenvalue weighted by molar-refractivity contribution is 6.17. The van der Waals surface area contributed by atoms with E-state index in [-0.39, 0.29) is 0 Å². The van der Waals surface area contributed by atoms with Crippen LogP contribution in [0.4, 0.5) is 0 Å². The predicted molar refractivity (Wildman–Crippen MR) is 59.1 cm³/mol. The Balaban J connectivity index is 1.94. The summed E-state index contributed by atoms with van der Waals surface area (Å²) in [6, 6.07) is 0. The highest BCUT2D eigenvalue weighted by atomic mass is 35.5. The summed E-state index contributed by atoms with van der Waals surface area (Å²) in [4.78, 5) is 4.43. The predicted octanol–water partition coefficient (Wildman–Crippen LogP) is 3.14. The molecule has 3 nitrogen and oxygen atoms in total. The minimum atomic E-state index is 0.522. The first kappa shape index (κ1) is 10.9. The molecule has 1 heterocycles. The SMILES string of the molecule is CC1CCC(c2noc(CCCCl)n2)C1. The van der Waals surface area contributed by atoms with Gasteiger partial charge in [0.15, 0.2) is 5.82 Å². The van der Waals surface area contributed by atoms with E-state index in [0.717, 1.165) is 30.5 Å². The maximum Gasteiger partial charge on any atom is 0.226 e. The molecule has 1 aliphatic carbocycles. The molecule has 1 aromatic rings. The van der Waals surface area contributed by atoms with Crippen molar-refractivity contribution in [2.75, 3.05) is 5.88 Å². The maximum absolute atomic E-state index is 5.61. The quantitative estimate of drug-likeness (QED) is 0.744. The van der Waals surface area contributed by atoms with Crippen molar-refractivity contribution in [2.24, 2.45) is 5.92 Å². The molecule has 1 fully saturated rings. The standard InChI is InChI=1S/C11H17ClN2O/c1-8-4-5-9(7-8)11-13-10(15-14-11)3-2-6-12/h8-9H,2-7H2,1H3.